The molecule has 0 amide bonds. The minimum atomic E-state index is 0.0222. The van der Waals surface area contributed by atoms with Crippen molar-refractivity contribution in [2.45, 2.75) is 0 Å². The van der Waals surface area contributed by atoms with E-state index in [4.69, 9.17) is 0 Å². The molecule has 2 aromatic rings. The van der Waals surface area contributed by atoms with Gasteiger partial charge in [0.1, 0.15) is 5.84 Å². The normalized spacial score (nSPS) is 14.0. The summed E-state index contributed by atoms with van der Waals surface area (Å²) in [6.07, 6.45) is 1.75. The third-order valence-corrected chi connectivity index (χ3v) is 3.17. The van der Waals surface area contributed by atoms with Gasteiger partial charge >= 0.3 is 0 Å². The Morgan fingerprint density at radius 3 is 2.20 bits per heavy atom. The number of rotatable bonds is 3. The second-order valence-corrected chi connectivity index (χ2v) is 4.54. The molecular formula is C17H14N2O. The highest BCUT2D eigenvalue weighted by Gasteiger charge is 2.15. The Morgan fingerprint density at radius 2 is 1.60 bits per heavy atom. The van der Waals surface area contributed by atoms with E-state index in [0.29, 0.717) is 17.7 Å². The largest absolute Gasteiger partial charge is 0.346 e. The van der Waals surface area contributed by atoms with Crippen molar-refractivity contribution in [2.75, 3.05) is 6.54 Å². The summed E-state index contributed by atoms with van der Waals surface area (Å²) in [6, 6.07) is 19.1. The molecule has 1 aliphatic heterocycles. The van der Waals surface area contributed by atoms with Gasteiger partial charge in [0.2, 0.25) is 0 Å². The van der Waals surface area contributed by atoms with E-state index in [2.05, 4.69) is 10.3 Å². The van der Waals surface area contributed by atoms with Crippen LogP contribution < -0.4 is 5.32 Å². The van der Waals surface area contributed by atoms with E-state index in [1.54, 1.807) is 6.20 Å². The van der Waals surface area contributed by atoms with Crippen molar-refractivity contribution >= 4 is 11.6 Å². The SMILES string of the molecule is O=C(C1=CNC(c2ccccc2)=NC1)c1ccccc1. The van der Waals surface area contributed by atoms with Crippen molar-refractivity contribution < 1.29 is 4.79 Å². The van der Waals surface area contributed by atoms with Gasteiger partial charge < -0.3 is 5.32 Å². The fourth-order valence-corrected chi connectivity index (χ4v) is 2.09. The zero-order valence-corrected chi connectivity index (χ0v) is 10.9. The monoisotopic (exact) mass is 262 g/mol. The highest BCUT2D eigenvalue weighted by atomic mass is 16.1. The Bertz CT molecular complexity index is 673. The van der Waals surface area contributed by atoms with Crippen LogP contribution in [0.3, 0.4) is 0 Å². The molecule has 3 nitrogen and oxygen atoms in total. The van der Waals surface area contributed by atoms with Crippen molar-refractivity contribution in [1.29, 1.82) is 0 Å². The summed E-state index contributed by atoms with van der Waals surface area (Å²) >= 11 is 0. The number of aliphatic imine (C=N–C) groups is 1. The van der Waals surface area contributed by atoms with Crippen LogP contribution in [0.15, 0.2) is 77.4 Å². The van der Waals surface area contributed by atoms with Crippen LogP contribution in [0.1, 0.15) is 15.9 Å². The molecule has 98 valence electrons. The van der Waals surface area contributed by atoms with E-state index in [0.717, 1.165) is 11.4 Å². The van der Waals surface area contributed by atoms with Crippen molar-refractivity contribution in [3.63, 3.8) is 0 Å². The molecular weight excluding hydrogens is 248 g/mol. The summed E-state index contributed by atoms with van der Waals surface area (Å²) < 4.78 is 0. The first kappa shape index (κ1) is 12.4. The number of hydrogen-bond acceptors (Lipinski definition) is 3. The lowest BCUT2D eigenvalue weighted by atomic mass is 10.0. The molecule has 2 aromatic carbocycles. The molecule has 1 N–H and O–H groups in total. The molecule has 0 saturated carbocycles. The summed E-state index contributed by atoms with van der Waals surface area (Å²) in [6.45, 7) is 0.408. The van der Waals surface area contributed by atoms with Gasteiger partial charge in [-0.25, -0.2) is 0 Å². The first-order valence-corrected chi connectivity index (χ1v) is 6.50. The summed E-state index contributed by atoms with van der Waals surface area (Å²) in [7, 11) is 0. The minimum Gasteiger partial charge on any atom is -0.346 e. The first-order chi connectivity index (χ1) is 9.84. The maximum atomic E-state index is 12.3. The van der Waals surface area contributed by atoms with Crippen LogP contribution in [-0.4, -0.2) is 18.2 Å². The Morgan fingerprint density at radius 1 is 0.950 bits per heavy atom. The molecule has 1 aliphatic rings. The Balaban J connectivity index is 1.75. The molecule has 1 heterocycles. The fourth-order valence-electron chi connectivity index (χ4n) is 2.09. The van der Waals surface area contributed by atoms with E-state index < -0.39 is 0 Å². The topological polar surface area (TPSA) is 41.5 Å². The second-order valence-electron chi connectivity index (χ2n) is 4.54. The van der Waals surface area contributed by atoms with E-state index in [1.807, 2.05) is 60.7 Å². The molecule has 0 aromatic heterocycles. The number of hydrogen-bond donors (Lipinski definition) is 1. The minimum absolute atomic E-state index is 0.0222. The maximum absolute atomic E-state index is 12.3. The number of Topliss-reactive ketones (excluding diaryl/α,β-unsaturated/α-hetero) is 1. The number of ketones is 1. The molecule has 0 atom stereocenters. The predicted octanol–water partition coefficient (Wildman–Crippen LogP) is 2.80. The molecule has 0 aliphatic carbocycles. The quantitative estimate of drug-likeness (QED) is 0.864. The average molecular weight is 262 g/mol. The van der Waals surface area contributed by atoms with Crippen LogP contribution in [0, 0.1) is 0 Å². The fraction of sp³-hybridized carbons (Fsp3) is 0.0588. The van der Waals surface area contributed by atoms with Crippen LogP contribution >= 0.6 is 0 Å². The molecule has 3 rings (SSSR count). The van der Waals surface area contributed by atoms with Gasteiger partial charge in [0.05, 0.1) is 6.54 Å². The summed E-state index contributed by atoms with van der Waals surface area (Å²) in [5.41, 5.74) is 2.39. The van der Waals surface area contributed by atoms with E-state index >= 15 is 0 Å². The molecule has 0 radical (unpaired) electrons. The summed E-state index contributed by atoms with van der Waals surface area (Å²) in [4.78, 5) is 16.7. The van der Waals surface area contributed by atoms with Crippen molar-refractivity contribution in [2.24, 2.45) is 4.99 Å². The van der Waals surface area contributed by atoms with E-state index in [1.165, 1.54) is 0 Å². The number of benzene rings is 2. The van der Waals surface area contributed by atoms with Gasteiger partial charge in [-0.1, -0.05) is 60.7 Å². The van der Waals surface area contributed by atoms with Gasteiger partial charge in [0.15, 0.2) is 5.78 Å². The van der Waals surface area contributed by atoms with Gasteiger partial charge in [0, 0.05) is 22.9 Å². The van der Waals surface area contributed by atoms with Crippen LogP contribution in [-0.2, 0) is 0 Å². The van der Waals surface area contributed by atoms with Gasteiger partial charge in [-0.15, -0.1) is 0 Å². The van der Waals surface area contributed by atoms with Gasteiger partial charge in [-0.05, 0) is 0 Å². The number of carbonyl (C=O) groups is 1. The zero-order valence-electron chi connectivity index (χ0n) is 10.9. The third kappa shape index (κ3) is 2.52. The van der Waals surface area contributed by atoms with Crippen LogP contribution in [0.2, 0.25) is 0 Å². The van der Waals surface area contributed by atoms with E-state index in [-0.39, 0.29) is 5.78 Å². The van der Waals surface area contributed by atoms with Crippen LogP contribution in [0.5, 0.6) is 0 Å². The molecule has 0 fully saturated rings. The number of carbonyl (C=O) groups excluding carboxylic acids is 1. The number of nitrogens with zero attached hydrogens (tertiary/aromatic N) is 1. The smallest absolute Gasteiger partial charge is 0.192 e. The number of amidine groups is 1. The molecule has 3 heteroatoms. The molecule has 0 bridgehead atoms. The molecule has 0 unspecified atom stereocenters. The summed E-state index contributed by atoms with van der Waals surface area (Å²) in [5, 5.41) is 3.10. The lowest BCUT2D eigenvalue weighted by molar-refractivity contribution is 0.103. The molecule has 20 heavy (non-hydrogen) atoms. The second kappa shape index (κ2) is 5.53. The van der Waals surface area contributed by atoms with Crippen LogP contribution in [0.25, 0.3) is 0 Å². The first-order valence-electron chi connectivity index (χ1n) is 6.50. The standard InChI is InChI=1S/C17H14N2O/c20-16(13-7-3-1-4-8-13)15-11-18-17(19-12-15)14-9-5-2-6-10-14/h1-11H,12H2,(H,18,19). The zero-order chi connectivity index (χ0) is 13.8. The molecule has 0 saturated heterocycles. The average Bonchev–Trinajstić information content (AvgIpc) is 2.56. The molecule has 0 spiro atoms. The maximum Gasteiger partial charge on any atom is 0.192 e. The highest BCUT2D eigenvalue weighted by Crippen LogP contribution is 2.12. The number of nitrogens with one attached hydrogen (secondary N) is 1. The lowest BCUT2D eigenvalue weighted by Gasteiger charge is -2.14. The van der Waals surface area contributed by atoms with Crippen molar-refractivity contribution in [3.05, 3.63) is 83.6 Å². The van der Waals surface area contributed by atoms with Gasteiger partial charge in [0.25, 0.3) is 0 Å². The Kier molecular flexibility index (Phi) is 3.42. The predicted molar refractivity (Wildman–Crippen MR) is 79.8 cm³/mol. The highest BCUT2D eigenvalue weighted by molar-refractivity contribution is 6.10. The van der Waals surface area contributed by atoms with E-state index in [9.17, 15) is 4.79 Å². The van der Waals surface area contributed by atoms with Gasteiger partial charge in [-0.2, -0.15) is 0 Å². The van der Waals surface area contributed by atoms with Crippen molar-refractivity contribution in [1.82, 2.24) is 5.32 Å². The van der Waals surface area contributed by atoms with Crippen molar-refractivity contribution in [3.8, 4) is 0 Å². The van der Waals surface area contributed by atoms with Crippen LogP contribution in [0.4, 0.5) is 0 Å². The third-order valence-electron chi connectivity index (χ3n) is 3.17. The lowest BCUT2D eigenvalue weighted by Crippen LogP contribution is -2.26. The van der Waals surface area contributed by atoms with Gasteiger partial charge in [-0.3, -0.25) is 9.79 Å². The Labute approximate surface area is 117 Å². The summed E-state index contributed by atoms with van der Waals surface area (Å²) in [5.74, 6) is 0.823. The Hall–Kier alpha value is -2.68.